The van der Waals surface area contributed by atoms with Crippen LogP contribution >= 0.6 is 19.2 Å². The van der Waals surface area contributed by atoms with Crippen LogP contribution < -0.4 is 5.44 Å². The first-order valence-corrected chi connectivity index (χ1v) is 6.85. The van der Waals surface area contributed by atoms with E-state index in [1.54, 1.807) is 0 Å². The lowest BCUT2D eigenvalue weighted by atomic mass is 10.2. The van der Waals surface area contributed by atoms with Crippen LogP contribution in [0.25, 0.3) is 5.65 Å². The number of pyridine rings is 1. The van der Waals surface area contributed by atoms with Gasteiger partial charge >= 0.3 is 13.6 Å². The van der Waals surface area contributed by atoms with Crippen molar-refractivity contribution >= 4 is 36.2 Å². The standard InChI is InChI=1S/C9H8ClN2O6P/c10-4-1-2-5-11-3-6(19(16,17)18)12(5)7(4)8(13)9(14)15/h1-3,8,13H,(H,14,15)(H2,16,17,18). The second kappa shape index (κ2) is 4.59. The maximum atomic E-state index is 11.3. The zero-order valence-electron chi connectivity index (χ0n) is 9.13. The number of carboxylic acid groups (broad SMARTS) is 1. The number of aliphatic carboxylic acids is 1. The van der Waals surface area contributed by atoms with Crippen LogP contribution in [0.4, 0.5) is 0 Å². The fourth-order valence-electron chi connectivity index (χ4n) is 1.64. The molecular formula is C9H8ClN2O6P. The summed E-state index contributed by atoms with van der Waals surface area (Å²) >= 11 is 5.80. The van der Waals surface area contributed by atoms with Gasteiger partial charge < -0.3 is 20.0 Å². The molecule has 0 bridgehead atoms. The highest BCUT2D eigenvalue weighted by molar-refractivity contribution is 7.60. The third kappa shape index (κ3) is 2.36. The molecule has 0 aliphatic carbocycles. The quantitative estimate of drug-likeness (QED) is 0.582. The van der Waals surface area contributed by atoms with E-state index in [4.69, 9.17) is 16.7 Å². The van der Waals surface area contributed by atoms with Crippen molar-refractivity contribution in [3.8, 4) is 0 Å². The van der Waals surface area contributed by atoms with Crippen molar-refractivity contribution in [3.63, 3.8) is 0 Å². The van der Waals surface area contributed by atoms with Gasteiger partial charge in [0.15, 0.2) is 11.5 Å². The van der Waals surface area contributed by atoms with Gasteiger partial charge in [0.05, 0.1) is 16.9 Å². The summed E-state index contributed by atoms with van der Waals surface area (Å²) < 4.78 is 12.2. The molecule has 0 fully saturated rings. The number of nitrogens with zero attached hydrogens (tertiary/aromatic N) is 2. The van der Waals surface area contributed by atoms with E-state index in [1.807, 2.05) is 0 Å². The van der Waals surface area contributed by atoms with Crippen LogP contribution in [0.2, 0.25) is 5.02 Å². The van der Waals surface area contributed by atoms with Gasteiger partial charge in [0.25, 0.3) is 0 Å². The monoisotopic (exact) mass is 306 g/mol. The van der Waals surface area contributed by atoms with Crippen LogP contribution in [0.5, 0.6) is 0 Å². The topological polar surface area (TPSA) is 132 Å². The van der Waals surface area contributed by atoms with Crippen molar-refractivity contribution < 1.29 is 29.4 Å². The number of rotatable bonds is 3. The average Bonchev–Trinajstić information content (AvgIpc) is 2.71. The second-order valence-electron chi connectivity index (χ2n) is 3.66. The number of hydrogen-bond donors (Lipinski definition) is 4. The van der Waals surface area contributed by atoms with Crippen LogP contribution in [0, 0.1) is 0 Å². The highest BCUT2D eigenvalue weighted by Crippen LogP contribution is 2.35. The number of fused-ring (bicyclic) bond motifs is 1. The Balaban J connectivity index is 2.88. The molecule has 19 heavy (non-hydrogen) atoms. The van der Waals surface area contributed by atoms with Crippen molar-refractivity contribution in [3.05, 3.63) is 29.0 Å². The number of imidazole rings is 1. The predicted octanol–water partition coefficient (Wildman–Crippen LogP) is -0.0913. The SMILES string of the molecule is O=C(O)C(O)c1c(Cl)ccc2ncc(P(=O)(O)O)n12. The summed E-state index contributed by atoms with van der Waals surface area (Å²) in [6.07, 6.45) is -1.12. The molecule has 2 rings (SSSR count). The summed E-state index contributed by atoms with van der Waals surface area (Å²) in [6.45, 7) is 0. The first-order chi connectivity index (χ1) is 8.73. The minimum Gasteiger partial charge on any atom is -0.479 e. The van der Waals surface area contributed by atoms with E-state index in [1.165, 1.54) is 12.1 Å². The second-order valence-corrected chi connectivity index (χ2v) is 5.61. The Morgan fingerprint density at radius 2 is 2.05 bits per heavy atom. The Hall–Kier alpha value is -1.44. The molecule has 0 amide bonds. The molecule has 10 heteroatoms. The van der Waals surface area contributed by atoms with Crippen molar-refractivity contribution in [1.82, 2.24) is 9.38 Å². The molecule has 0 spiro atoms. The Kier molecular flexibility index (Phi) is 3.38. The fourth-order valence-corrected chi connectivity index (χ4v) is 2.57. The zero-order valence-corrected chi connectivity index (χ0v) is 10.8. The third-order valence-electron chi connectivity index (χ3n) is 2.43. The smallest absolute Gasteiger partial charge is 0.374 e. The largest absolute Gasteiger partial charge is 0.479 e. The van der Waals surface area contributed by atoms with Crippen LogP contribution in [-0.2, 0) is 9.36 Å². The van der Waals surface area contributed by atoms with E-state index in [2.05, 4.69) is 4.98 Å². The number of carboxylic acids is 1. The number of aliphatic hydroxyl groups is 1. The molecule has 0 aliphatic rings. The van der Waals surface area contributed by atoms with E-state index in [0.29, 0.717) is 0 Å². The molecule has 102 valence electrons. The van der Waals surface area contributed by atoms with E-state index in [0.717, 1.165) is 10.6 Å². The van der Waals surface area contributed by atoms with Gasteiger partial charge in [-0.25, -0.2) is 9.78 Å². The Bertz CT molecular complexity index is 708. The highest BCUT2D eigenvalue weighted by Gasteiger charge is 2.29. The predicted molar refractivity (Wildman–Crippen MR) is 64.5 cm³/mol. The number of carbonyl (C=O) groups is 1. The van der Waals surface area contributed by atoms with Gasteiger partial charge in [-0.15, -0.1) is 0 Å². The third-order valence-corrected chi connectivity index (χ3v) is 3.66. The molecule has 2 aromatic heterocycles. The lowest BCUT2D eigenvalue weighted by Gasteiger charge is -2.13. The van der Waals surface area contributed by atoms with Crippen LogP contribution in [-0.4, -0.2) is 35.4 Å². The van der Waals surface area contributed by atoms with Gasteiger partial charge in [0.2, 0.25) is 0 Å². The van der Waals surface area contributed by atoms with Gasteiger partial charge in [-0.2, -0.15) is 0 Å². The fraction of sp³-hybridized carbons (Fsp3) is 0.111. The minimum atomic E-state index is -4.69. The highest BCUT2D eigenvalue weighted by atomic mass is 35.5. The molecule has 0 aliphatic heterocycles. The van der Waals surface area contributed by atoms with E-state index < -0.39 is 25.1 Å². The summed E-state index contributed by atoms with van der Waals surface area (Å²) in [5.74, 6) is -1.60. The minimum absolute atomic E-state index is 0.0676. The molecule has 0 radical (unpaired) electrons. The van der Waals surface area contributed by atoms with Gasteiger partial charge in [-0.1, -0.05) is 11.6 Å². The number of halogens is 1. The van der Waals surface area contributed by atoms with E-state index in [9.17, 15) is 24.3 Å². The summed E-state index contributed by atoms with van der Waals surface area (Å²) in [7, 11) is -4.69. The van der Waals surface area contributed by atoms with E-state index >= 15 is 0 Å². The van der Waals surface area contributed by atoms with Crippen molar-refractivity contribution in [2.24, 2.45) is 0 Å². The first-order valence-electron chi connectivity index (χ1n) is 4.86. The summed E-state index contributed by atoms with van der Waals surface area (Å²) in [5, 5.41) is 18.3. The van der Waals surface area contributed by atoms with Crippen molar-refractivity contribution in [2.45, 2.75) is 6.10 Å². The number of hydrogen-bond acceptors (Lipinski definition) is 4. The Morgan fingerprint density at radius 3 is 2.58 bits per heavy atom. The van der Waals surface area contributed by atoms with Gasteiger partial charge in [0, 0.05) is 0 Å². The normalized spacial score (nSPS) is 13.7. The summed E-state index contributed by atoms with van der Waals surface area (Å²) in [6, 6.07) is 2.63. The van der Waals surface area contributed by atoms with Crippen LogP contribution in [0.3, 0.4) is 0 Å². The lowest BCUT2D eigenvalue weighted by molar-refractivity contribution is -0.147. The molecule has 1 unspecified atom stereocenters. The molecule has 0 aromatic carbocycles. The maximum Gasteiger partial charge on any atom is 0.374 e. The Labute approximate surface area is 111 Å². The average molecular weight is 307 g/mol. The lowest BCUT2D eigenvalue weighted by Crippen LogP contribution is -2.21. The molecule has 1 atom stereocenters. The molecule has 0 saturated heterocycles. The molecule has 2 heterocycles. The summed E-state index contributed by atoms with van der Waals surface area (Å²) in [4.78, 5) is 33.0. The van der Waals surface area contributed by atoms with Crippen LogP contribution in [0.15, 0.2) is 18.3 Å². The van der Waals surface area contributed by atoms with Crippen molar-refractivity contribution in [2.75, 3.05) is 0 Å². The van der Waals surface area contributed by atoms with Gasteiger partial charge in [0.1, 0.15) is 5.65 Å². The molecule has 8 nitrogen and oxygen atoms in total. The molecule has 0 saturated carbocycles. The first kappa shape index (κ1) is 14.0. The molecule has 4 N–H and O–H groups in total. The zero-order chi connectivity index (χ0) is 14.4. The summed E-state index contributed by atoms with van der Waals surface area (Å²) in [5.41, 5.74) is -0.833. The number of aliphatic hydroxyl groups excluding tert-OH is 1. The van der Waals surface area contributed by atoms with Crippen molar-refractivity contribution in [1.29, 1.82) is 0 Å². The van der Waals surface area contributed by atoms with Gasteiger partial charge in [-0.05, 0) is 12.1 Å². The Morgan fingerprint density at radius 1 is 1.42 bits per heavy atom. The van der Waals surface area contributed by atoms with Crippen LogP contribution in [0.1, 0.15) is 11.8 Å². The maximum absolute atomic E-state index is 11.3. The van der Waals surface area contributed by atoms with Gasteiger partial charge in [-0.3, -0.25) is 8.97 Å². The molecule has 2 aromatic rings. The van der Waals surface area contributed by atoms with E-state index in [-0.39, 0.29) is 16.4 Å². The molecular weight excluding hydrogens is 299 g/mol. The number of aromatic nitrogens is 2.